The third-order valence-electron chi connectivity index (χ3n) is 5.00. The van der Waals surface area contributed by atoms with Gasteiger partial charge < -0.3 is 14.8 Å². The Kier molecular flexibility index (Phi) is 4.68. The van der Waals surface area contributed by atoms with Crippen molar-refractivity contribution in [3.63, 3.8) is 0 Å². The molecule has 0 spiro atoms. The summed E-state index contributed by atoms with van der Waals surface area (Å²) in [4.78, 5) is 26.0. The van der Waals surface area contributed by atoms with Crippen LogP contribution in [0.15, 0.2) is 30.3 Å². The van der Waals surface area contributed by atoms with Crippen LogP contribution in [0.5, 0.6) is 0 Å². The molecule has 2 unspecified atom stereocenters. The molecule has 2 aromatic carbocycles. The number of aryl methyl sites for hydroxylation is 1. The van der Waals surface area contributed by atoms with Crippen molar-refractivity contribution in [2.75, 3.05) is 11.4 Å². The summed E-state index contributed by atoms with van der Waals surface area (Å²) in [5, 5.41) is 13.5. The van der Waals surface area contributed by atoms with Gasteiger partial charge in [-0.3, -0.25) is 4.79 Å². The number of aliphatic carboxylic acids is 1. The normalized spacial score (nSPS) is 22.5. The maximum Gasteiger partial charge on any atom is 1.00 e. The second-order valence-corrected chi connectivity index (χ2v) is 6.25. The molecule has 112 valence electrons. The van der Waals surface area contributed by atoms with E-state index in [1.807, 2.05) is 24.3 Å². The average molecular weight is 333 g/mol. The zero-order chi connectivity index (χ0) is 15.4. The van der Waals surface area contributed by atoms with Crippen LogP contribution in [0.1, 0.15) is 29.3 Å². The first-order valence-electron chi connectivity index (χ1n) is 7.64. The number of benzene rings is 2. The smallest absolute Gasteiger partial charge is 0.549 e. The number of nitrogens with zero attached hydrogens (tertiary/aromatic N) is 1. The zero-order valence-corrected chi connectivity index (χ0v) is 16.5. The molecule has 23 heavy (non-hydrogen) atoms. The Hall–Kier alpha value is -0.724. The predicted octanol–water partition coefficient (Wildman–Crippen LogP) is -1.45. The van der Waals surface area contributed by atoms with Crippen LogP contribution in [-0.2, 0) is 11.2 Å². The summed E-state index contributed by atoms with van der Waals surface area (Å²) in [6.07, 6.45) is 1.89. The van der Waals surface area contributed by atoms with E-state index in [1.54, 1.807) is 0 Å². The topological polar surface area (TPSA) is 60.4 Å². The van der Waals surface area contributed by atoms with Crippen molar-refractivity contribution in [1.29, 1.82) is 0 Å². The molecular formula is C18H16KNO3. The van der Waals surface area contributed by atoms with Crippen LogP contribution in [0.25, 0.3) is 10.8 Å². The Labute approximate surface area is 177 Å². The van der Waals surface area contributed by atoms with Gasteiger partial charge in [-0.2, -0.15) is 0 Å². The molecule has 2 aliphatic rings. The number of ketones is 1. The Morgan fingerprint density at radius 1 is 1.30 bits per heavy atom. The maximum atomic E-state index is 12.6. The molecule has 0 N–H and O–H groups in total. The fourth-order valence-corrected chi connectivity index (χ4v) is 3.83. The summed E-state index contributed by atoms with van der Waals surface area (Å²) in [5.41, 5.74) is 2.66. The number of carbonyl (C=O) groups is 2. The van der Waals surface area contributed by atoms with Crippen molar-refractivity contribution in [1.82, 2.24) is 0 Å². The number of hydrogen-bond acceptors (Lipinski definition) is 4. The molecule has 4 nitrogen and oxygen atoms in total. The molecule has 2 atom stereocenters. The van der Waals surface area contributed by atoms with E-state index in [4.69, 9.17) is 0 Å². The van der Waals surface area contributed by atoms with Gasteiger partial charge in [0.05, 0.1) is 17.6 Å². The van der Waals surface area contributed by atoms with Crippen LogP contribution in [-0.4, -0.2) is 24.3 Å². The number of Topliss-reactive ketones (excluding diaryl/α,β-unsaturated/α-hetero) is 1. The van der Waals surface area contributed by atoms with Crippen LogP contribution in [0.4, 0.5) is 5.69 Å². The summed E-state index contributed by atoms with van der Waals surface area (Å²) in [5.74, 6) is -2.66. The van der Waals surface area contributed by atoms with Gasteiger partial charge in [-0.25, -0.2) is 0 Å². The molecule has 5 heteroatoms. The van der Waals surface area contributed by atoms with Gasteiger partial charge in [-0.15, -0.1) is 0 Å². The predicted molar refractivity (Wildman–Crippen MR) is 81.9 cm³/mol. The summed E-state index contributed by atoms with van der Waals surface area (Å²) in [7, 11) is 0. The monoisotopic (exact) mass is 333 g/mol. The van der Waals surface area contributed by atoms with Crippen LogP contribution in [0.2, 0.25) is 0 Å². The molecule has 2 aromatic rings. The SMILES string of the molecule is CC1CCc2c3c(cc4ccccc24)C(=O)C(C(=O)[O-])CN31.[K+]. The number of hydrogen-bond donors (Lipinski definition) is 0. The van der Waals surface area contributed by atoms with Gasteiger partial charge in [0.1, 0.15) is 0 Å². The Morgan fingerprint density at radius 2 is 2.04 bits per heavy atom. The Balaban J connectivity index is 0.00000156. The van der Waals surface area contributed by atoms with Gasteiger partial charge in [0.15, 0.2) is 5.78 Å². The first-order chi connectivity index (χ1) is 10.6. The van der Waals surface area contributed by atoms with Crippen molar-refractivity contribution >= 4 is 28.2 Å². The van der Waals surface area contributed by atoms with E-state index >= 15 is 0 Å². The van der Waals surface area contributed by atoms with E-state index in [-0.39, 0.29) is 69.8 Å². The van der Waals surface area contributed by atoms with Crippen molar-refractivity contribution in [3.8, 4) is 0 Å². The molecule has 0 aromatic heterocycles. The summed E-state index contributed by atoms with van der Waals surface area (Å²) < 4.78 is 0. The number of fused-ring (bicyclic) bond motifs is 2. The quantitative estimate of drug-likeness (QED) is 0.473. The first-order valence-corrected chi connectivity index (χ1v) is 7.64. The van der Waals surface area contributed by atoms with E-state index in [0.717, 1.165) is 29.3 Å². The second-order valence-electron chi connectivity index (χ2n) is 6.25. The maximum absolute atomic E-state index is 12.6. The number of carbonyl (C=O) groups excluding carboxylic acids is 2. The third kappa shape index (κ3) is 2.59. The molecule has 0 saturated carbocycles. The van der Waals surface area contributed by atoms with Crippen LogP contribution in [0, 0.1) is 5.92 Å². The van der Waals surface area contributed by atoms with Crippen LogP contribution >= 0.6 is 0 Å². The van der Waals surface area contributed by atoms with E-state index in [1.165, 1.54) is 5.56 Å². The van der Waals surface area contributed by atoms with Crippen LogP contribution < -0.4 is 61.4 Å². The third-order valence-corrected chi connectivity index (χ3v) is 5.00. The van der Waals surface area contributed by atoms with Gasteiger partial charge in [0.2, 0.25) is 0 Å². The summed E-state index contributed by atoms with van der Waals surface area (Å²) in [6, 6.07) is 10.1. The largest absolute Gasteiger partial charge is 1.00 e. The van der Waals surface area contributed by atoms with Gasteiger partial charge in [0.25, 0.3) is 0 Å². The molecule has 2 aliphatic heterocycles. The van der Waals surface area contributed by atoms with Crippen molar-refractivity contribution in [2.45, 2.75) is 25.8 Å². The second kappa shape index (κ2) is 6.30. The number of carboxylic acids is 1. The summed E-state index contributed by atoms with van der Waals surface area (Å²) >= 11 is 0. The van der Waals surface area contributed by atoms with Crippen molar-refractivity contribution in [2.24, 2.45) is 5.92 Å². The van der Waals surface area contributed by atoms with Gasteiger partial charge in [0, 0.05) is 18.2 Å². The minimum absolute atomic E-state index is 0. The molecular weight excluding hydrogens is 317 g/mol. The fraction of sp³-hybridized carbons (Fsp3) is 0.333. The van der Waals surface area contributed by atoms with Crippen molar-refractivity contribution in [3.05, 3.63) is 41.5 Å². The van der Waals surface area contributed by atoms with Gasteiger partial charge in [-0.1, -0.05) is 24.3 Å². The average Bonchev–Trinajstić information content (AvgIpc) is 2.51. The van der Waals surface area contributed by atoms with Crippen molar-refractivity contribution < 1.29 is 66.1 Å². The van der Waals surface area contributed by atoms with E-state index in [0.29, 0.717) is 5.56 Å². The zero-order valence-electron chi connectivity index (χ0n) is 13.3. The minimum Gasteiger partial charge on any atom is -0.549 e. The van der Waals surface area contributed by atoms with E-state index in [9.17, 15) is 14.7 Å². The summed E-state index contributed by atoms with van der Waals surface area (Å²) in [6.45, 7) is 2.31. The van der Waals surface area contributed by atoms with E-state index in [2.05, 4.69) is 17.9 Å². The Morgan fingerprint density at radius 3 is 2.78 bits per heavy atom. The Bertz CT molecular complexity index is 817. The molecule has 2 heterocycles. The fourth-order valence-electron chi connectivity index (χ4n) is 3.83. The molecule has 4 rings (SSSR count). The van der Waals surface area contributed by atoms with Gasteiger partial charge >= 0.3 is 51.4 Å². The molecule has 0 aliphatic carbocycles. The molecule has 0 saturated heterocycles. The minimum atomic E-state index is -1.27. The van der Waals surface area contributed by atoms with E-state index < -0.39 is 11.9 Å². The molecule has 0 amide bonds. The van der Waals surface area contributed by atoms with Gasteiger partial charge in [-0.05, 0) is 42.2 Å². The molecule has 0 bridgehead atoms. The molecule has 0 fully saturated rings. The number of rotatable bonds is 1. The number of anilines is 1. The molecule has 0 radical (unpaired) electrons. The number of carboxylic acid groups (broad SMARTS) is 1. The first kappa shape index (κ1) is 17.1. The van der Waals surface area contributed by atoms with Crippen LogP contribution in [0.3, 0.4) is 0 Å². The standard InChI is InChI=1S/C18H17NO3.K/c1-10-6-7-13-12-5-3-2-4-11(12)8-14-16(13)19(10)9-15(17(14)20)18(21)22;/h2-5,8,10,15H,6-7,9H2,1H3,(H,21,22);/q;+1/p-1.